The van der Waals surface area contributed by atoms with Crippen LogP contribution in [0.3, 0.4) is 0 Å². The third-order valence-electron chi connectivity index (χ3n) is 3.02. The summed E-state index contributed by atoms with van der Waals surface area (Å²) in [7, 11) is 1.90. The Hall–Kier alpha value is -1.36. The topological polar surface area (TPSA) is 58.4 Å². The molecule has 1 atom stereocenters. The van der Waals surface area contributed by atoms with Gasteiger partial charge >= 0.3 is 0 Å². The van der Waals surface area contributed by atoms with Crippen LogP contribution in [0, 0.1) is 6.92 Å². The molecular formula is C11H17N3O2. The Labute approximate surface area is 94.8 Å². The smallest absolute Gasteiger partial charge is 0.291 e. The van der Waals surface area contributed by atoms with Crippen LogP contribution >= 0.6 is 0 Å². The summed E-state index contributed by atoms with van der Waals surface area (Å²) in [5.74, 6) is 0.343. The lowest BCUT2D eigenvalue weighted by molar-refractivity contribution is 0.0704. The van der Waals surface area contributed by atoms with Gasteiger partial charge in [-0.2, -0.15) is 0 Å². The molecule has 0 aromatic carbocycles. The third kappa shape index (κ3) is 1.95. The molecule has 16 heavy (non-hydrogen) atoms. The molecule has 5 heteroatoms. The minimum Gasteiger partial charge on any atom is -0.438 e. The third-order valence-corrected chi connectivity index (χ3v) is 3.02. The molecule has 0 saturated carbocycles. The van der Waals surface area contributed by atoms with Gasteiger partial charge in [0.25, 0.3) is 5.91 Å². The van der Waals surface area contributed by atoms with E-state index in [1.807, 2.05) is 11.9 Å². The lowest BCUT2D eigenvalue weighted by Gasteiger charge is -2.23. The summed E-state index contributed by atoms with van der Waals surface area (Å²) in [5, 5.41) is 3.11. The first-order valence-corrected chi connectivity index (χ1v) is 5.59. The standard InChI is InChI=1S/C11H17N3O2/c1-8-10(16-7-13-8)11(15)14-5-3-4-9(14)6-12-2/h7,9,12H,3-6H2,1-2H3. The summed E-state index contributed by atoms with van der Waals surface area (Å²) in [6, 6.07) is 0.280. The van der Waals surface area contributed by atoms with Crippen molar-refractivity contribution in [2.45, 2.75) is 25.8 Å². The molecule has 1 N–H and O–H groups in total. The van der Waals surface area contributed by atoms with Crippen LogP contribution in [0.15, 0.2) is 10.8 Å². The lowest BCUT2D eigenvalue weighted by atomic mass is 10.2. The Morgan fingerprint density at radius 1 is 1.75 bits per heavy atom. The maximum absolute atomic E-state index is 12.2. The number of likely N-dealkylation sites (tertiary alicyclic amines) is 1. The molecule has 1 unspecified atom stereocenters. The first-order chi connectivity index (χ1) is 7.74. The highest BCUT2D eigenvalue weighted by Crippen LogP contribution is 2.20. The molecule has 1 amide bonds. The van der Waals surface area contributed by atoms with Crippen LogP contribution in [0.2, 0.25) is 0 Å². The van der Waals surface area contributed by atoms with Crippen molar-refractivity contribution in [2.24, 2.45) is 0 Å². The Morgan fingerprint density at radius 3 is 3.19 bits per heavy atom. The van der Waals surface area contributed by atoms with E-state index < -0.39 is 0 Å². The van der Waals surface area contributed by atoms with Crippen LogP contribution in [0.4, 0.5) is 0 Å². The van der Waals surface area contributed by atoms with Crippen LogP contribution in [-0.4, -0.2) is 42.0 Å². The Kier molecular flexibility index (Phi) is 3.24. The van der Waals surface area contributed by atoms with Gasteiger partial charge in [-0.05, 0) is 26.8 Å². The molecule has 1 aromatic heterocycles. The number of rotatable bonds is 3. The number of likely N-dealkylation sites (N-methyl/N-ethyl adjacent to an activating group) is 1. The van der Waals surface area contributed by atoms with Crippen LogP contribution < -0.4 is 5.32 Å². The van der Waals surface area contributed by atoms with Crippen molar-refractivity contribution in [1.82, 2.24) is 15.2 Å². The fraction of sp³-hybridized carbons (Fsp3) is 0.636. The highest BCUT2D eigenvalue weighted by molar-refractivity contribution is 5.92. The molecule has 5 nitrogen and oxygen atoms in total. The second-order valence-corrected chi connectivity index (χ2v) is 4.12. The second kappa shape index (κ2) is 4.65. The largest absolute Gasteiger partial charge is 0.438 e. The summed E-state index contributed by atoms with van der Waals surface area (Å²) in [6.07, 6.45) is 3.44. The van der Waals surface area contributed by atoms with Gasteiger partial charge in [-0.15, -0.1) is 0 Å². The highest BCUT2D eigenvalue weighted by atomic mass is 16.3. The summed E-state index contributed by atoms with van der Waals surface area (Å²) in [6.45, 7) is 3.43. The van der Waals surface area contributed by atoms with E-state index in [0.717, 1.165) is 25.9 Å². The number of hydrogen-bond acceptors (Lipinski definition) is 4. The summed E-state index contributed by atoms with van der Waals surface area (Å²) >= 11 is 0. The number of hydrogen-bond donors (Lipinski definition) is 1. The van der Waals surface area contributed by atoms with Gasteiger partial charge in [0, 0.05) is 19.1 Å². The number of carbonyl (C=O) groups is 1. The molecule has 1 aliphatic heterocycles. The molecule has 1 saturated heterocycles. The van der Waals surface area contributed by atoms with Gasteiger partial charge in [-0.25, -0.2) is 4.98 Å². The molecule has 0 spiro atoms. The van der Waals surface area contributed by atoms with Gasteiger partial charge in [0.15, 0.2) is 6.39 Å². The van der Waals surface area contributed by atoms with Gasteiger partial charge in [-0.1, -0.05) is 0 Å². The van der Waals surface area contributed by atoms with E-state index in [-0.39, 0.29) is 11.9 Å². The van der Waals surface area contributed by atoms with E-state index in [4.69, 9.17) is 4.42 Å². The minimum absolute atomic E-state index is 0.0345. The normalized spacial score (nSPS) is 20.4. The number of aryl methyl sites for hydroxylation is 1. The van der Waals surface area contributed by atoms with E-state index >= 15 is 0 Å². The van der Waals surface area contributed by atoms with E-state index in [9.17, 15) is 4.79 Å². The van der Waals surface area contributed by atoms with Crippen LogP contribution in [-0.2, 0) is 0 Å². The van der Waals surface area contributed by atoms with E-state index in [2.05, 4.69) is 10.3 Å². The molecular weight excluding hydrogens is 206 g/mol. The predicted octanol–water partition coefficient (Wildman–Crippen LogP) is 0.807. The van der Waals surface area contributed by atoms with Crippen molar-refractivity contribution in [1.29, 1.82) is 0 Å². The average molecular weight is 223 g/mol. The summed E-state index contributed by atoms with van der Waals surface area (Å²) in [4.78, 5) is 18.0. The van der Waals surface area contributed by atoms with Crippen molar-refractivity contribution < 1.29 is 9.21 Å². The van der Waals surface area contributed by atoms with Crippen LogP contribution in [0.25, 0.3) is 0 Å². The van der Waals surface area contributed by atoms with Gasteiger partial charge in [0.2, 0.25) is 5.76 Å². The predicted molar refractivity (Wildman–Crippen MR) is 59.2 cm³/mol. The molecule has 1 aromatic rings. The van der Waals surface area contributed by atoms with Crippen molar-refractivity contribution >= 4 is 5.91 Å². The van der Waals surface area contributed by atoms with Crippen molar-refractivity contribution in [3.05, 3.63) is 17.8 Å². The number of nitrogens with one attached hydrogen (secondary N) is 1. The first kappa shape index (κ1) is 11.1. The molecule has 1 aliphatic rings. The molecule has 1 fully saturated rings. The molecule has 2 rings (SSSR count). The Balaban J connectivity index is 2.12. The maximum atomic E-state index is 12.2. The van der Waals surface area contributed by atoms with Crippen molar-refractivity contribution in [2.75, 3.05) is 20.1 Å². The van der Waals surface area contributed by atoms with Crippen LogP contribution in [0.5, 0.6) is 0 Å². The highest BCUT2D eigenvalue weighted by Gasteiger charge is 2.31. The van der Waals surface area contributed by atoms with Crippen molar-refractivity contribution in [3.8, 4) is 0 Å². The maximum Gasteiger partial charge on any atom is 0.291 e. The summed E-state index contributed by atoms with van der Waals surface area (Å²) < 4.78 is 5.14. The van der Waals surface area contributed by atoms with Crippen LogP contribution in [0.1, 0.15) is 29.1 Å². The quantitative estimate of drug-likeness (QED) is 0.823. The number of nitrogens with zero attached hydrogens (tertiary/aromatic N) is 2. The Morgan fingerprint density at radius 2 is 2.56 bits per heavy atom. The lowest BCUT2D eigenvalue weighted by Crippen LogP contribution is -2.40. The summed E-state index contributed by atoms with van der Waals surface area (Å²) in [5.41, 5.74) is 0.667. The fourth-order valence-corrected chi connectivity index (χ4v) is 2.19. The van der Waals surface area contributed by atoms with E-state index in [1.54, 1.807) is 6.92 Å². The SMILES string of the molecule is CNCC1CCCN1C(=O)c1ocnc1C. The second-order valence-electron chi connectivity index (χ2n) is 4.12. The van der Waals surface area contributed by atoms with Gasteiger partial charge < -0.3 is 14.6 Å². The fourth-order valence-electron chi connectivity index (χ4n) is 2.19. The zero-order valence-corrected chi connectivity index (χ0v) is 9.69. The number of aromatic nitrogens is 1. The molecule has 88 valence electrons. The number of oxazole rings is 1. The number of amides is 1. The minimum atomic E-state index is -0.0345. The zero-order chi connectivity index (χ0) is 11.5. The van der Waals surface area contributed by atoms with E-state index in [1.165, 1.54) is 6.39 Å². The molecule has 0 radical (unpaired) electrons. The molecule has 0 bridgehead atoms. The zero-order valence-electron chi connectivity index (χ0n) is 9.69. The van der Waals surface area contributed by atoms with Gasteiger partial charge in [0.05, 0.1) is 5.69 Å². The molecule has 2 heterocycles. The van der Waals surface area contributed by atoms with E-state index in [0.29, 0.717) is 11.5 Å². The van der Waals surface area contributed by atoms with Gasteiger partial charge in [-0.3, -0.25) is 4.79 Å². The molecule has 0 aliphatic carbocycles. The first-order valence-electron chi connectivity index (χ1n) is 5.59. The monoisotopic (exact) mass is 223 g/mol. The van der Waals surface area contributed by atoms with Crippen molar-refractivity contribution in [3.63, 3.8) is 0 Å². The average Bonchev–Trinajstić information content (AvgIpc) is 2.87. The Bertz CT molecular complexity index is 375. The van der Waals surface area contributed by atoms with Gasteiger partial charge in [0.1, 0.15) is 0 Å². The number of carbonyl (C=O) groups excluding carboxylic acids is 1.